The molecule has 8 nitrogen and oxygen atoms in total. The summed E-state index contributed by atoms with van der Waals surface area (Å²) in [6, 6.07) is 16.9. The van der Waals surface area contributed by atoms with E-state index in [0.29, 0.717) is 21.7 Å². The number of nitroso groups, excluding NO2 is 2. The van der Waals surface area contributed by atoms with Crippen LogP contribution < -0.4 is 0 Å². The summed E-state index contributed by atoms with van der Waals surface area (Å²) in [5.74, 6) is -2.83. The second-order valence-electron chi connectivity index (χ2n) is 8.05. The third kappa shape index (κ3) is 4.60. The molecule has 0 aromatic heterocycles. The first-order chi connectivity index (χ1) is 16.9. The van der Waals surface area contributed by atoms with Gasteiger partial charge in [-0.15, -0.1) is 4.91 Å². The van der Waals surface area contributed by atoms with Crippen molar-refractivity contribution in [1.29, 1.82) is 0 Å². The van der Waals surface area contributed by atoms with Gasteiger partial charge in [0.2, 0.25) is 0 Å². The minimum atomic E-state index is -1.34. The topological polar surface area (TPSA) is 116 Å². The third-order valence-corrected chi connectivity index (χ3v) is 6.70. The zero-order chi connectivity index (χ0) is 25.1. The molecule has 2 amide bonds. The third-order valence-electron chi connectivity index (χ3n) is 6.14. The molecule has 1 N–H and O–H groups in total. The van der Waals surface area contributed by atoms with E-state index in [9.17, 15) is 24.5 Å². The van der Waals surface area contributed by atoms with E-state index in [1.165, 1.54) is 29.2 Å². The number of carbonyl (C=O) groups is 2. The number of hydrogen-bond donors (Lipinski definition) is 1. The van der Waals surface area contributed by atoms with E-state index in [2.05, 4.69) is 10.4 Å². The molecule has 1 heterocycles. The molecule has 0 radical (unpaired) electrons. The highest BCUT2D eigenvalue weighted by atomic mass is 35.5. The lowest BCUT2D eigenvalue weighted by Crippen LogP contribution is -2.53. The zero-order valence-corrected chi connectivity index (χ0v) is 19.6. The van der Waals surface area contributed by atoms with E-state index in [-0.39, 0.29) is 10.6 Å². The molecule has 0 aliphatic carbocycles. The predicted octanol–water partition coefficient (Wildman–Crippen LogP) is 5.44. The van der Waals surface area contributed by atoms with E-state index in [1.807, 2.05) is 0 Å². The number of hydrogen-bond acceptors (Lipinski definition) is 6. The van der Waals surface area contributed by atoms with Gasteiger partial charge in [-0.1, -0.05) is 83.0 Å². The number of rotatable bonds is 7. The Kier molecular flexibility index (Phi) is 7.35. The Labute approximate surface area is 210 Å². The Hall–Kier alpha value is -3.46. The van der Waals surface area contributed by atoms with Crippen molar-refractivity contribution in [2.75, 3.05) is 6.54 Å². The fourth-order valence-corrected chi connectivity index (χ4v) is 5.12. The van der Waals surface area contributed by atoms with Crippen LogP contribution in [0.15, 0.2) is 83.2 Å². The number of amides is 2. The molecule has 35 heavy (non-hydrogen) atoms. The van der Waals surface area contributed by atoms with Gasteiger partial charge in [0.1, 0.15) is 12.6 Å². The Morgan fingerprint density at radius 1 is 0.971 bits per heavy atom. The summed E-state index contributed by atoms with van der Waals surface area (Å²) in [5, 5.41) is 17.4. The van der Waals surface area contributed by atoms with E-state index < -0.39 is 42.5 Å². The van der Waals surface area contributed by atoms with Gasteiger partial charge in [-0.05, 0) is 34.9 Å². The summed E-state index contributed by atoms with van der Waals surface area (Å²) < 4.78 is 0. The molecule has 0 saturated heterocycles. The largest absolute Gasteiger partial charge is 0.386 e. The lowest BCUT2D eigenvalue weighted by Gasteiger charge is -2.45. The van der Waals surface area contributed by atoms with Crippen LogP contribution in [-0.4, -0.2) is 34.4 Å². The summed E-state index contributed by atoms with van der Waals surface area (Å²) >= 11 is 12.6. The first-order valence-corrected chi connectivity index (χ1v) is 11.4. The molecule has 4 rings (SSSR count). The zero-order valence-electron chi connectivity index (χ0n) is 18.1. The van der Waals surface area contributed by atoms with Crippen molar-refractivity contribution in [3.8, 4) is 0 Å². The fraction of sp³-hybridized carbons (Fsp3) is 0.200. The van der Waals surface area contributed by atoms with Gasteiger partial charge in [-0.25, -0.2) is 0 Å². The van der Waals surface area contributed by atoms with Crippen molar-refractivity contribution in [3.63, 3.8) is 0 Å². The average molecular weight is 512 g/mol. The second-order valence-corrected chi connectivity index (χ2v) is 8.90. The lowest BCUT2D eigenvalue weighted by molar-refractivity contribution is -0.121. The van der Waals surface area contributed by atoms with Crippen molar-refractivity contribution in [1.82, 2.24) is 4.90 Å². The highest BCUT2D eigenvalue weighted by molar-refractivity contribution is 6.35. The molecule has 10 heteroatoms. The number of carbonyl (C=O) groups excluding carboxylic acids is 2. The van der Waals surface area contributed by atoms with Gasteiger partial charge in [0, 0.05) is 20.8 Å². The minimum absolute atomic E-state index is 0.135. The Morgan fingerprint density at radius 2 is 1.66 bits per heavy atom. The molecular weight excluding hydrogens is 493 g/mol. The molecule has 0 bridgehead atoms. The lowest BCUT2D eigenvalue weighted by atomic mass is 9.78. The molecule has 0 saturated carbocycles. The number of benzene rings is 3. The van der Waals surface area contributed by atoms with Crippen LogP contribution >= 0.6 is 23.2 Å². The normalized spacial score (nSPS) is 18.9. The minimum Gasteiger partial charge on any atom is -0.386 e. The molecule has 3 aromatic carbocycles. The van der Waals surface area contributed by atoms with Gasteiger partial charge in [-0.3, -0.25) is 9.59 Å². The Balaban J connectivity index is 1.99. The highest BCUT2D eigenvalue weighted by Gasteiger charge is 2.49. The van der Waals surface area contributed by atoms with Crippen LogP contribution in [-0.2, 0) is 4.79 Å². The first-order valence-electron chi connectivity index (χ1n) is 10.6. The van der Waals surface area contributed by atoms with Crippen LogP contribution in [0.25, 0.3) is 0 Å². The number of aliphatic hydroxyl groups is 1. The van der Waals surface area contributed by atoms with Gasteiger partial charge < -0.3 is 10.0 Å². The molecule has 178 valence electrons. The van der Waals surface area contributed by atoms with Crippen molar-refractivity contribution < 1.29 is 14.7 Å². The maximum Gasteiger partial charge on any atom is 0.296 e. The van der Waals surface area contributed by atoms with Crippen molar-refractivity contribution >= 4 is 35.0 Å². The summed E-state index contributed by atoms with van der Waals surface area (Å²) in [5.41, 5.74) is 1.18. The molecular formula is C25H19Cl2N3O5. The summed E-state index contributed by atoms with van der Waals surface area (Å²) in [4.78, 5) is 51.0. The smallest absolute Gasteiger partial charge is 0.296 e. The molecule has 3 aromatic rings. The summed E-state index contributed by atoms with van der Waals surface area (Å²) in [6.07, 6.45) is -1.34. The van der Waals surface area contributed by atoms with Crippen LogP contribution in [0.1, 0.15) is 45.1 Å². The van der Waals surface area contributed by atoms with Crippen LogP contribution in [0.2, 0.25) is 10.0 Å². The van der Waals surface area contributed by atoms with E-state index in [1.54, 1.807) is 48.5 Å². The first kappa shape index (κ1) is 24.7. The van der Waals surface area contributed by atoms with Crippen LogP contribution in [0.5, 0.6) is 0 Å². The van der Waals surface area contributed by atoms with Crippen LogP contribution in [0, 0.1) is 9.81 Å². The molecule has 1 aliphatic rings. The maximum atomic E-state index is 13.9. The molecule has 1 aliphatic heterocycles. The average Bonchev–Trinajstić information content (AvgIpc) is 2.87. The SMILES string of the molecule is O=NC[C@@H]([C@@H](O)c1ccccc1)N1C(=O)c2ccccc2C(C(=O)N=O)C1c1ccc(Cl)cc1Cl. The number of aliphatic hydroxyl groups excluding tert-OH is 1. The van der Waals surface area contributed by atoms with Crippen molar-refractivity contribution in [2.24, 2.45) is 10.4 Å². The summed E-state index contributed by atoms with van der Waals surface area (Å²) in [6.45, 7) is -0.485. The van der Waals surface area contributed by atoms with Crippen LogP contribution in [0.3, 0.4) is 0 Å². The molecule has 4 atom stereocenters. The van der Waals surface area contributed by atoms with E-state index in [4.69, 9.17) is 23.2 Å². The van der Waals surface area contributed by atoms with E-state index in [0.717, 1.165) is 0 Å². The second kappa shape index (κ2) is 10.4. The van der Waals surface area contributed by atoms with Gasteiger partial charge in [0.05, 0.1) is 18.0 Å². The number of nitrogens with zero attached hydrogens (tertiary/aromatic N) is 3. The van der Waals surface area contributed by atoms with E-state index >= 15 is 0 Å². The van der Waals surface area contributed by atoms with Gasteiger partial charge in [-0.2, -0.15) is 4.91 Å². The Bertz CT molecular complexity index is 1290. The molecule has 0 fully saturated rings. The van der Waals surface area contributed by atoms with Gasteiger partial charge in [0.25, 0.3) is 11.8 Å². The number of halogens is 2. The van der Waals surface area contributed by atoms with Crippen molar-refractivity contribution in [3.05, 3.63) is 115 Å². The van der Waals surface area contributed by atoms with Gasteiger partial charge >= 0.3 is 0 Å². The quantitative estimate of drug-likeness (QED) is 0.424. The predicted molar refractivity (Wildman–Crippen MR) is 131 cm³/mol. The van der Waals surface area contributed by atoms with Crippen LogP contribution in [0.4, 0.5) is 0 Å². The standard InChI is InChI=1S/C25H19Cl2N3O5/c26-15-10-11-18(19(27)12-15)22-21(24(32)29-35)16-8-4-5-9-17(16)25(33)30(22)20(13-28-34)23(31)14-6-2-1-3-7-14/h1-12,20-23,31H,13H2/t20-,21?,22?,23-/m0/s1. The summed E-state index contributed by atoms with van der Waals surface area (Å²) in [7, 11) is 0. The Morgan fingerprint density at radius 3 is 2.31 bits per heavy atom. The van der Waals surface area contributed by atoms with Gasteiger partial charge in [0.15, 0.2) is 0 Å². The number of fused-ring (bicyclic) bond motifs is 1. The highest BCUT2D eigenvalue weighted by Crippen LogP contribution is 2.47. The molecule has 2 unspecified atom stereocenters. The van der Waals surface area contributed by atoms with Crippen molar-refractivity contribution in [2.45, 2.75) is 24.1 Å². The maximum absolute atomic E-state index is 13.9. The fourth-order valence-electron chi connectivity index (χ4n) is 4.60. The monoisotopic (exact) mass is 511 g/mol. The molecule has 0 spiro atoms.